The van der Waals surface area contributed by atoms with E-state index in [2.05, 4.69) is 5.32 Å². The molecule has 0 saturated carbocycles. The maximum absolute atomic E-state index is 12.8. The molecule has 0 aliphatic heterocycles. The molecule has 2 aromatic carbocycles. The Hall–Kier alpha value is -2.01. The first kappa shape index (κ1) is 18.3. The number of ether oxygens (including phenoxy) is 1. The van der Waals surface area contributed by atoms with E-state index in [0.29, 0.717) is 18.1 Å². The molecule has 3 nitrogen and oxygen atoms in total. The third-order valence-corrected chi connectivity index (χ3v) is 4.49. The van der Waals surface area contributed by atoms with Crippen LogP contribution in [0.3, 0.4) is 0 Å². The summed E-state index contributed by atoms with van der Waals surface area (Å²) in [5.74, 6) is 1.63. The van der Waals surface area contributed by atoms with Crippen LogP contribution in [0.2, 0.25) is 0 Å². The molecule has 24 heavy (non-hydrogen) atoms. The first-order valence-corrected chi connectivity index (χ1v) is 9.08. The summed E-state index contributed by atoms with van der Waals surface area (Å²) in [5.41, 5.74) is 2.05. The fraction of sp³-hybridized carbons (Fsp3) is 0.316. The van der Waals surface area contributed by atoms with Crippen molar-refractivity contribution >= 4 is 17.7 Å². The summed E-state index contributed by atoms with van der Waals surface area (Å²) in [5, 5.41) is 2.98. The molecule has 5 heteroatoms. The molecular formula is C19H22FNO2S. The van der Waals surface area contributed by atoms with E-state index in [9.17, 15) is 9.18 Å². The third kappa shape index (κ3) is 5.89. The highest BCUT2D eigenvalue weighted by Crippen LogP contribution is 2.18. The molecule has 2 aromatic rings. The van der Waals surface area contributed by atoms with Crippen molar-refractivity contribution in [2.75, 3.05) is 12.4 Å². The van der Waals surface area contributed by atoms with Gasteiger partial charge in [-0.25, -0.2) is 4.39 Å². The number of amides is 1. The van der Waals surface area contributed by atoms with Gasteiger partial charge in [0.2, 0.25) is 5.91 Å². The van der Waals surface area contributed by atoms with Crippen molar-refractivity contribution in [2.45, 2.75) is 25.6 Å². The van der Waals surface area contributed by atoms with Crippen LogP contribution in [0.4, 0.5) is 4.39 Å². The molecule has 1 unspecified atom stereocenters. The van der Waals surface area contributed by atoms with E-state index in [1.807, 2.05) is 38.1 Å². The van der Waals surface area contributed by atoms with Gasteiger partial charge in [0.15, 0.2) is 0 Å². The Morgan fingerprint density at radius 1 is 1.17 bits per heavy atom. The Morgan fingerprint density at radius 3 is 2.46 bits per heavy atom. The number of carbonyl (C=O) groups is 1. The van der Waals surface area contributed by atoms with Crippen LogP contribution in [0.15, 0.2) is 48.5 Å². The molecule has 128 valence electrons. The number of rotatable bonds is 8. The molecule has 0 spiro atoms. The summed E-state index contributed by atoms with van der Waals surface area (Å²) >= 11 is 1.51. The molecule has 1 atom stereocenters. The Bertz CT molecular complexity index is 643. The lowest BCUT2D eigenvalue weighted by atomic mass is 10.1. The van der Waals surface area contributed by atoms with Crippen LogP contribution in [-0.2, 0) is 10.5 Å². The van der Waals surface area contributed by atoms with Crippen LogP contribution in [0, 0.1) is 5.82 Å². The molecule has 0 fully saturated rings. The van der Waals surface area contributed by atoms with Gasteiger partial charge in [0, 0.05) is 5.75 Å². The molecule has 0 saturated heterocycles. The van der Waals surface area contributed by atoms with Gasteiger partial charge in [-0.1, -0.05) is 24.3 Å². The van der Waals surface area contributed by atoms with Crippen molar-refractivity contribution in [3.05, 3.63) is 65.5 Å². The normalized spacial score (nSPS) is 11.8. The molecule has 0 radical (unpaired) electrons. The maximum Gasteiger partial charge on any atom is 0.230 e. The maximum atomic E-state index is 12.8. The van der Waals surface area contributed by atoms with Crippen molar-refractivity contribution in [1.29, 1.82) is 0 Å². The Kier molecular flexibility index (Phi) is 7.12. The molecule has 1 N–H and O–H groups in total. The molecular weight excluding hydrogens is 325 g/mol. The smallest absolute Gasteiger partial charge is 0.230 e. The summed E-state index contributed by atoms with van der Waals surface area (Å²) in [7, 11) is 0. The highest BCUT2D eigenvalue weighted by Gasteiger charge is 2.10. The average Bonchev–Trinajstić information content (AvgIpc) is 2.57. The highest BCUT2D eigenvalue weighted by molar-refractivity contribution is 7.99. The summed E-state index contributed by atoms with van der Waals surface area (Å²) in [4.78, 5) is 12.0. The van der Waals surface area contributed by atoms with Gasteiger partial charge >= 0.3 is 0 Å². The van der Waals surface area contributed by atoms with Crippen LogP contribution < -0.4 is 10.1 Å². The summed E-state index contributed by atoms with van der Waals surface area (Å²) < 4.78 is 18.2. The van der Waals surface area contributed by atoms with Gasteiger partial charge in [-0.2, -0.15) is 0 Å². The zero-order valence-corrected chi connectivity index (χ0v) is 14.7. The zero-order valence-electron chi connectivity index (χ0n) is 13.9. The van der Waals surface area contributed by atoms with Gasteiger partial charge in [-0.15, -0.1) is 11.8 Å². The van der Waals surface area contributed by atoms with E-state index in [1.165, 1.54) is 23.9 Å². The predicted octanol–water partition coefficient (Wildman–Crippen LogP) is 4.34. The number of hydrogen-bond acceptors (Lipinski definition) is 3. The lowest BCUT2D eigenvalue weighted by Crippen LogP contribution is -2.28. The van der Waals surface area contributed by atoms with Crippen molar-refractivity contribution in [2.24, 2.45) is 0 Å². The van der Waals surface area contributed by atoms with E-state index in [-0.39, 0.29) is 17.8 Å². The Labute approximate surface area is 146 Å². The average molecular weight is 347 g/mol. The summed E-state index contributed by atoms with van der Waals surface area (Å²) in [6, 6.07) is 14.0. The summed E-state index contributed by atoms with van der Waals surface area (Å²) in [6.07, 6.45) is 0. The van der Waals surface area contributed by atoms with Gasteiger partial charge in [0.05, 0.1) is 18.4 Å². The number of benzene rings is 2. The molecule has 0 aliphatic rings. The third-order valence-electron chi connectivity index (χ3n) is 3.48. The predicted molar refractivity (Wildman–Crippen MR) is 96.7 cm³/mol. The molecule has 1 amide bonds. The van der Waals surface area contributed by atoms with E-state index < -0.39 is 0 Å². The molecule has 2 rings (SSSR count). The van der Waals surface area contributed by atoms with Gasteiger partial charge in [0.1, 0.15) is 11.6 Å². The second kappa shape index (κ2) is 9.33. The number of hydrogen-bond donors (Lipinski definition) is 1. The van der Waals surface area contributed by atoms with Gasteiger partial charge in [-0.05, 0) is 49.2 Å². The second-order valence-electron chi connectivity index (χ2n) is 5.41. The van der Waals surface area contributed by atoms with Crippen molar-refractivity contribution in [3.63, 3.8) is 0 Å². The monoisotopic (exact) mass is 347 g/mol. The molecule has 0 bridgehead atoms. The zero-order chi connectivity index (χ0) is 17.4. The van der Waals surface area contributed by atoms with Crippen LogP contribution in [-0.4, -0.2) is 18.3 Å². The van der Waals surface area contributed by atoms with E-state index in [4.69, 9.17) is 4.74 Å². The largest absolute Gasteiger partial charge is 0.494 e. The number of nitrogens with one attached hydrogen (secondary N) is 1. The first-order valence-electron chi connectivity index (χ1n) is 7.92. The minimum atomic E-state index is -0.245. The van der Waals surface area contributed by atoms with Crippen molar-refractivity contribution in [3.8, 4) is 5.75 Å². The minimum absolute atomic E-state index is 0.0107. The van der Waals surface area contributed by atoms with E-state index in [1.54, 1.807) is 12.1 Å². The Balaban J connectivity index is 1.75. The number of carbonyl (C=O) groups excluding carboxylic acids is 1. The van der Waals surface area contributed by atoms with Crippen molar-refractivity contribution in [1.82, 2.24) is 5.32 Å². The fourth-order valence-corrected chi connectivity index (χ4v) is 3.03. The number of halogens is 1. The van der Waals surface area contributed by atoms with Crippen LogP contribution in [0.1, 0.15) is 31.0 Å². The molecule has 0 aliphatic carbocycles. The van der Waals surface area contributed by atoms with E-state index in [0.717, 1.165) is 16.9 Å². The van der Waals surface area contributed by atoms with Gasteiger partial charge < -0.3 is 10.1 Å². The van der Waals surface area contributed by atoms with Gasteiger partial charge in [0.25, 0.3) is 0 Å². The lowest BCUT2D eigenvalue weighted by molar-refractivity contribution is -0.119. The minimum Gasteiger partial charge on any atom is -0.494 e. The fourth-order valence-electron chi connectivity index (χ4n) is 2.23. The number of thioether (sulfide) groups is 1. The quantitative estimate of drug-likeness (QED) is 0.772. The first-order chi connectivity index (χ1) is 11.6. The van der Waals surface area contributed by atoms with Crippen LogP contribution in [0.25, 0.3) is 0 Å². The highest BCUT2D eigenvalue weighted by atomic mass is 32.2. The van der Waals surface area contributed by atoms with Crippen LogP contribution in [0.5, 0.6) is 5.75 Å². The second-order valence-corrected chi connectivity index (χ2v) is 6.40. The molecule has 0 heterocycles. The van der Waals surface area contributed by atoms with E-state index >= 15 is 0 Å². The topological polar surface area (TPSA) is 38.3 Å². The molecule has 0 aromatic heterocycles. The summed E-state index contributed by atoms with van der Waals surface area (Å²) in [6.45, 7) is 4.54. The van der Waals surface area contributed by atoms with Crippen LogP contribution >= 0.6 is 11.8 Å². The van der Waals surface area contributed by atoms with Gasteiger partial charge in [-0.3, -0.25) is 4.79 Å². The SMILES string of the molecule is CCOc1ccc(C(C)NC(=O)CSCc2ccc(F)cc2)cc1. The van der Waals surface area contributed by atoms with Crippen molar-refractivity contribution < 1.29 is 13.9 Å². The Morgan fingerprint density at radius 2 is 1.83 bits per heavy atom. The lowest BCUT2D eigenvalue weighted by Gasteiger charge is -2.15. The standard InChI is InChI=1S/C19H22FNO2S/c1-3-23-18-10-6-16(7-11-18)14(2)21-19(22)13-24-12-15-4-8-17(20)9-5-15/h4-11,14H,3,12-13H2,1-2H3,(H,21,22).